The number of carbonyl (C=O) groups excluding carboxylic acids is 2. The number of aryl methyl sites for hydroxylation is 1. The van der Waals surface area contributed by atoms with Crippen molar-refractivity contribution in [3.63, 3.8) is 0 Å². The van der Waals surface area contributed by atoms with Crippen LogP contribution in [0, 0.1) is 6.92 Å². The number of anilines is 1. The highest BCUT2D eigenvalue weighted by Gasteiger charge is 2.35. The van der Waals surface area contributed by atoms with Crippen molar-refractivity contribution >= 4 is 38.3 Å². The Morgan fingerprint density at radius 2 is 1.66 bits per heavy atom. The standard InChI is InChI=1S/C30H37N3O4S/c1-5-22(4)31-30(35)25(6-2)32(20-23-17-15-21(3)16-18-23)28(34)14-9-19-33-26-12-7-10-24-11-8-13-27(29(24)26)38(33,36)37/h7-8,10-13,15-18,22,25H,5-6,9,14,19-20H2,1-4H3,(H,31,35)/t22-,25-/m0/s1. The van der Waals surface area contributed by atoms with Crippen LogP contribution in [-0.4, -0.2) is 43.8 Å². The van der Waals surface area contributed by atoms with Gasteiger partial charge in [-0.3, -0.25) is 13.9 Å². The van der Waals surface area contributed by atoms with Gasteiger partial charge in [0, 0.05) is 30.9 Å². The zero-order chi connectivity index (χ0) is 27.4. The Hall–Kier alpha value is -3.39. The van der Waals surface area contributed by atoms with Gasteiger partial charge in [0.15, 0.2) is 0 Å². The van der Waals surface area contributed by atoms with Crippen LogP contribution in [0.25, 0.3) is 10.8 Å². The summed E-state index contributed by atoms with van der Waals surface area (Å²) in [6, 6.07) is 18.2. The maximum atomic E-state index is 13.6. The molecule has 3 aromatic carbocycles. The minimum Gasteiger partial charge on any atom is -0.352 e. The first-order valence-corrected chi connectivity index (χ1v) is 14.8. The van der Waals surface area contributed by atoms with Crippen LogP contribution in [0.15, 0.2) is 65.6 Å². The van der Waals surface area contributed by atoms with E-state index in [1.807, 2.05) is 76.2 Å². The van der Waals surface area contributed by atoms with E-state index in [4.69, 9.17) is 0 Å². The van der Waals surface area contributed by atoms with E-state index in [0.717, 1.165) is 28.3 Å². The number of carbonyl (C=O) groups is 2. The maximum absolute atomic E-state index is 13.6. The lowest BCUT2D eigenvalue weighted by Crippen LogP contribution is -2.50. The van der Waals surface area contributed by atoms with Gasteiger partial charge in [-0.15, -0.1) is 0 Å². The smallest absolute Gasteiger partial charge is 0.265 e. The van der Waals surface area contributed by atoms with Crippen LogP contribution in [0.1, 0.15) is 57.6 Å². The van der Waals surface area contributed by atoms with Gasteiger partial charge in [-0.05, 0) is 56.2 Å². The Morgan fingerprint density at radius 3 is 2.32 bits per heavy atom. The van der Waals surface area contributed by atoms with Gasteiger partial charge in [0.2, 0.25) is 11.8 Å². The van der Waals surface area contributed by atoms with E-state index in [1.54, 1.807) is 17.0 Å². The fourth-order valence-electron chi connectivity index (χ4n) is 4.97. The zero-order valence-corrected chi connectivity index (χ0v) is 23.4. The summed E-state index contributed by atoms with van der Waals surface area (Å²) in [7, 11) is -3.68. The molecule has 202 valence electrons. The molecule has 0 saturated carbocycles. The molecular weight excluding hydrogens is 498 g/mol. The Morgan fingerprint density at radius 1 is 0.974 bits per heavy atom. The number of rotatable bonds is 11. The van der Waals surface area contributed by atoms with E-state index < -0.39 is 16.1 Å². The third-order valence-electron chi connectivity index (χ3n) is 7.29. The third kappa shape index (κ3) is 5.55. The first-order chi connectivity index (χ1) is 18.2. The summed E-state index contributed by atoms with van der Waals surface area (Å²) < 4.78 is 28.0. The van der Waals surface area contributed by atoms with Crippen molar-refractivity contribution in [3.8, 4) is 0 Å². The number of nitrogens with one attached hydrogen (secondary N) is 1. The van der Waals surface area contributed by atoms with E-state index in [0.29, 0.717) is 30.0 Å². The second-order valence-electron chi connectivity index (χ2n) is 10.1. The van der Waals surface area contributed by atoms with Crippen molar-refractivity contribution < 1.29 is 18.0 Å². The predicted octanol–water partition coefficient (Wildman–Crippen LogP) is 5.16. The molecule has 38 heavy (non-hydrogen) atoms. The molecular formula is C30H37N3O4S. The van der Waals surface area contributed by atoms with Gasteiger partial charge in [-0.2, -0.15) is 0 Å². The summed E-state index contributed by atoms with van der Waals surface area (Å²) >= 11 is 0. The van der Waals surface area contributed by atoms with Gasteiger partial charge in [-0.1, -0.05) is 67.9 Å². The fraction of sp³-hybridized carbons (Fsp3) is 0.400. The lowest BCUT2D eigenvalue weighted by atomic mass is 10.1. The number of nitrogens with zero attached hydrogens (tertiary/aromatic N) is 2. The molecule has 1 N–H and O–H groups in total. The number of hydrogen-bond acceptors (Lipinski definition) is 4. The molecule has 1 aliphatic heterocycles. The van der Waals surface area contributed by atoms with Gasteiger partial charge in [-0.25, -0.2) is 8.42 Å². The van der Waals surface area contributed by atoms with Crippen LogP contribution < -0.4 is 9.62 Å². The minimum atomic E-state index is -3.68. The van der Waals surface area contributed by atoms with Gasteiger partial charge >= 0.3 is 0 Å². The normalized spacial score (nSPS) is 15.3. The number of amides is 2. The molecule has 1 aliphatic rings. The van der Waals surface area contributed by atoms with E-state index in [2.05, 4.69) is 5.32 Å². The van der Waals surface area contributed by atoms with Crippen LogP contribution in [0.3, 0.4) is 0 Å². The highest BCUT2D eigenvalue weighted by Crippen LogP contribution is 2.42. The van der Waals surface area contributed by atoms with Crippen LogP contribution in [0.2, 0.25) is 0 Å². The number of hydrogen-bond donors (Lipinski definition) is 1. The monoisotopic (exact) mass is 535 g/mol. The average molecular weight is 536 g/mol. The summed E-state index contributed by atoms with van der Waals surface area (Å²) in [5.74, 6) is -0.324. The Kier molecular flexibility index (Phi) is 8.41. The van der Waals surface area contributed by atoms with Crippen LogP contribution in [0.4, 0.5) is 5.69 Å². The predicted molar refractivity (Wildman–Crippen MR) is 151 cm³/mol. The maximum Gasteiger partial charge on any atom is 0.265 e. The molecule has 0 aromatic heterocycles. The Labute approximate surface area is 225 Å². The zero-order valence-electron chi connectivity index (χ0n) is 22.6. The molecule has 0 fully saturated rings. The molecule has 0 saturated heterocycles. The second-order valence-corrected chi connectivity index (χ2v) is 11.9. The summed E-state index contributed by atoms with van der Waals surface area (Å²) in [5.41, 5.74) is 2.72. The van der Waals surface area contributed by atoms with Crippen LogP contribution in [-0.2, 0) is 26.2 Å². The number of benzene rings is 3. The van der Waals surface area contributed by atoms with E-state index in [1.165, 1.54) is 4.31 Å². The molecule has 0 aliphatic carbocycles. The van der Waals surface area contributed by atoms with Gasteiger partial charge in [0.1, 0.15) is 6.04 Å². The van der Waals surface area contributed by atoms with Crippen molar-refractivity contribution in [2.75, 3.05) is 10.8 Å². The molecule has 0 unspecified atom stereocenters. The molecule has 1 heterocycles. The second kappa shape index (κ2) is 11.6. The largest absolute Gasteiger partial charge is 0.352 e. The highest BCUT2D eigenvalue weighted by atomic mass is 32.2. The number of sulfonamides is 1. The highest BCUT2D eigenvalue weighted by molar-refractivity contribution is 7.93. The van der Waals surface area contributed by atoms with Crippen molar-refractivity contribution in [3.05, 3.63) is 71.8 Å². The fourth-order valence-corrected chi connectivity index (χ4v) is 6.72. The van der Waals surface area contributed by atoms with Crippen molar-refractivity contribution in [2.24, 2.45) is 0 Å². The summed E-state index contributed by atoms with van der Waals surface area (Å²) in [6.45, 7) is 8.38. The van der Waals surface area contributed by atoms with Gasteiger partial charge < -0.3 is 10.2 Å². The lowest BCUT2D eigenvalue weighted by Gasteiger charge is -2.32. The van der Waals surface area contributed by atoms with Crippen molar-refractivity contribution in [2.45, 2.75) is 76.9 Å². The van der Waals surface area contributed by atoms with E-state index >= 15 is 0 Å². The summed E-state index contributed by atoms with van der Waals surface area (Å²) in [6.07, 6.45) is 1.76. The minimum absolute atomic E-state index is 0.0117. The van der Waals surface area contributed by atoms with E-state index in [-0.39, 0.29) is 30.8 Å². The first-order valence-electron chi connectivity index (χ1n) is 13.4. The molecule has 0 spiro atoms. The van der Waals surface area contributed by atoms with Gasteiger partial charge in [0.25, 0.3) is 10.0 Å². The van der Waals surface area contributed by atoms with Gasteiger partial charge in [0.05, 0.1) is 10.6 Å². The van der Waals surface area contributed by atoms with E-state index in [9.17, 15) is 18.0 Å². The molecule has 3 aromatic rings. The van der Waals surface area contributed by atoms with Crippen LogP contribution in [0.5, 0.6) is 0 Å². The molecule has 2 atom stereocenters. The quantitative estimate of drug-likeness (QED) is 0.368. The lowest BCUT2D eigenvalue weighted by molar-refractivity contribution is -0.141. The SMILES string of the molecule is CC[C@H](C)NC(=O)[C@H](CC)N(Cc1ccc(C)cc1)C(=O)CCCN1c2cccc3cccc(c23)S1(=O)=O. The molecule has 7 nitrogen and oxygen atoms in total. The van der Waals surface area contributed by atoms with Crippen LogP contribution >= 0.6 is 0 Å². The van der Waals surface area contributed by atoms with Crippen molar-refractivity contribution in [1.82, 2.24) is 10.2 Å². The third-order valence-corrected chi connectivity index (χ3v) is 9.15. The topological polar surface area (TPSA) is 86.8 Å². The molecule has 8 heteroatoms. The Balaban J connectivity index is 1.52. The molecule has 0 radical (unpaired) electrons. The summed E-state index contributed by atoms with van der Waals surface area (Å²) in [4.78, 5) is 28.7. The summed E-state index contributed by atoms with van der Waals surface area (Å²) in [5, 5.41) is 4.63. The first kappa shape index (κ1) is 27.6. The Bertz CT molecular complexity index is 1410. The average Bonchev–Trinajstić information content (AvgIpc) is 3.12. The molecule has 0 bridgehead atoms. The molecule has 2 amide bonds. The molecule has 4 rings (SSSR count). The van der Waals surface area contributed by atoms with Crippen molar-refractivity contribution in [1.29, 1.82) is 0 Å².